The number of tetrazole rings is 1. The molecule has 0 aliphatic rings. The number of nitrogens with one attached hydrogen (secondary N) is 1. The van der Waals surface area contributed by atoms with Crippen LogP contribution in [0.5, 0.6) is 0 Å². The summed E-state index contributed by atoms with van der Waals surface area (Å²) in [6.07, 6.45) is 1.56. The SMILES string of the molecule is CC(C)c1ccc(-n2nnnc2SCC(=O)Nc2cccnc2Cl)cc1. The first-order valence-corrected chi connectivity index (χ1v) is 9.33. The van der Waals surface area contributed by atoms with Crippen LogP contribution in [0.25, 0.3) is 5.69 Å². The molecule has 2 aromatic heterocycles. The molecule has 9 heteroatoms. The number of halogens is 1. The van der Waals surface area contributed by atoms with Crippen LogP contribution in [0.2, 0.25) is 5.15 Å². The molecule has 26 heavy (non-hydrogen) atoms. The normalized spacial score (nSPS) is 10.9. The van der Waals surface area contributed by atoms with E-state index in [1.165, 1.54) is 17.3 Å². The third-order valence-corrected chi connectivity index (χ3v) is 4.83. The largest absolute Gasteiger partial charge is 0.323 e. The fourth-order valence-corrected chi connectivity index (χ4v) is 3.08. The zero-order valence-electron chi connectivity index (χ0n) is 14.3. The number of rotatable bonds is 6. The van der Waals surface area contributed by atoms with Crippen molar-refractivity contribution in [2.24, 2.45) is 0 Å². The summed E-state index contributed by atoms with van der Waals surface area (Å²) in [5.41, 5.74) is 2.56. The minimum atomic E-state index is -0.213. The molecule has 0 saturated heterocycles. The van der Waals surface area contributed by atoms with Gasteiger partial charge in [-0.1, -0.05) is 49.3 Å². The molecule has 2 heterocycles. The Bertz CT molecular complexity index is 896. The van der Waals surface area contributed by atoms with Gasteiger partial charge in [-0.2, -0.15) is 4.68 Å². The second kappa shape index (κ2) is 8.29. The molecule has 3 rings (SSSR count). The molecule has 1 amide bonds. The van der Waals surface area contributed by atoms with Crippen LogP contribution in [-0.2, 0) is 4.79 Å². The van der Waals surface area contributed by atoms with Crippen LogP contribution < -0.4 is 5.32 Å². The predicted molar refractivity (Wildman–Crippen MR) is 102 cm³/mol. The molecule has 0 fully saturated rings. The number of hydrogen-bond donors (Lipinski definition) is 1. The first kappa shape index (κ1) is 18.3. The molecule has 134 valence electrons. The van der Waals surface area contributed by atoms with E-state index in [0.717, 1.165) is 5.69 Å². The Balaban J connectivity index is 1.65. The minimum Gasteiger partial charge on any atom is -0.323 e. The van der Waals surface area contributed by atoms with Crippen LogP contribution in [0.4, 0.5) is 5.69 Å². The molecule has 3 aromatic rings. The molecule has 0 spiro atoms. The Morgan fingerprint density at radius 1 is 1.27 bits per heavy atom. The number of hydrogen-bond acceptors (Lipinski definition) is 6. The van der Waals surface area contributed by atoms with Gasteiger partial charge in [0.05, 0.1) is 17.1 Å². The average Bonchev–Trinajstić information content (AvgIpc) is 3.10. The number of carbonyl (C=O) groups excluding carboxylic acids is 1. The highest BCUT2D eigenvalue weighted by Crippen LogP contribution is 2.22. The maximum atomic E-state index is 12.1. The summed E-state index contributed by atoms with van der Waals surface area (Å²) in [5, 5.41) is 15.2. The van der Waals surface area contributed by atoms with E-state index in [2.05, 4.69) is 39.7 Å². The highest BCUT2D eigenvalue weighted by molar-refractivity contribution is 7.99. The van der Waals surface area contributed by atoms with Crippen molar-refractivity contribution >= 4 is 35.0 Å². The van der Waals surface area contributed by atoms with Crippen LogP contribution >= 0.6 is 23.4 Å². The van der Waals surface area contributed by atoms with Crippen molar-refractivity contribution in [3.05, 3.63) is 53.3 Å². The first-order chi connectivity index (χ1) is 12.5. The minimum absolute atomic E-state index is 0.148. The van der Waals surface area contributed by atoms with Crippen molar-refractivity contribution in [2.75, 3.05) is 11.1 Å². The third kappa shape index (κ3) is 4.39. The number of thioether (sulfide) groups is 1. The van der Waals surface area contributed by atoms with E-state index < -0.39 is 0 Å². The van der Waals surface area contributed by atoms with Crippen molar-refractivity contribution in [1.29, 1.82) is 0 Å². The van der Waals surface area contributed by atoms with Gasteiger partial charge < -0.3 is 5.32 Å². The van der Waals surface area contributed by atoms with E-state index >= 15 is 0 Å². The maximum Gasteiger partial charge on any atom is 0.234 e. The van der Waals surface area contributed by atoms with Gasteiger partial charge in [0.2, 0.25) is 11.1 Å². The Kier molecular flexibility index (Phi) is 5.85. The molecule has 0 aliphatic heterocycles. The number of pyridine rings is 1. The van der Waals surface area contributed by atoms with Gasteiger partial charge in [-0.25, -0.2) is 4.98 Å². The Labute approximate surface area is 160 Å². The Morgan fingerprint density at radius 2 is 2.04 bits per heavy atom. The van der Waals surface area contributed by atoms with E-state index in [9.17, 15) is 4.79 Å². The molecule has 0 atom stereocenters. The fourth-order valence-electron chi connectivity index (χ4n) is 2.23. The van der Waals surface area contributed by atoms with E-state index in [-0.39, 0.29) is 16.8 Å². The molecular weight excluding hydrogens is 372 g/mol. The fraction of sp³-hybridized carbons (Fsp3) is 0.235. The lowest BCUT2D eigenvalue weighted by Gasteiger charge is -2.08. The third-order valence-electron chi connectivity index (χ3n) is 3.61. The van der Waals surface area contributed by atoms with Gasteiger partial charge in [0.25, 0.3) is 0 Å². The van der Waals surface area contributed by atoms with E-state index in [4.69, 9.17) is 11.6 Å². The molecule has 1 N–H and O–H groups in total. The van der Waals surface area contributed by atoms with Crippen molar-refractivity contribution < 1.29 is 4.79 Å². The molecule has 0 aliphatic carbocycles. The van der Waals surface area contributed by atoms with Gasteiger partial charge in [0.15, 0.2) is 5.15 Å². The van der Waals surface area contributed by atoms with Gasteiger partial charge in [-0.15, -0.1) is 5.10 Å². The molecule has 0 saturated carbocycles. The van der Waals surface area contributed by atoms with Gasteiger partial charge in [-0.3, -0.25) is 4.79 Å². The number of benzene rings is 1. The summed E-state index contributed by atoms with van der Waals surface area (Å²) in [5.74, 6) is 0.389. The van der Waals surface area contributed by atoms with Gasteiger partial charge in [0, 0.05) is 6.20 Å². The summed E-state index contributed by atoms with van der Waals surface area (Å²) in [6.45, 7) is 4.28. The van der Waals surface area contributed by atoms with Gasteiger partial charge in [-0.05, 0) is 46.2 Å². The van der Waals surface area contributed by atoms with Crippen LogP contribution in [0, 0.1) is 0 Å². The van der Waals surface area contributed by atoms with Gasteiger partial charge in [0.1, 0.15) is 0 Å². The van der Waals surface area contributed by atoms with E-state index in [1.807, 2.05) is 24.3 Å². The van der Waals surface area contributed by atoms with E-state index in [1.54, 1.807) is 23.0 Å². The second-order valence-electron chi connectivity index (χ2n) is 5.80. The van der Waals surface area contributed by atoms with Crippen molar-refractivity contribution in [2.45, 2.75) is 24.9 Å². The monoisotopic (exact) mass is 388 g/mol. The summed E-state index contributed by atoms with van der Waals surface area (Å²) in [4.78, 5) is 16.1. The van der Waals surface area contributed by atoms with E-state index in [0.29, 0.717) is 16.8 Å². The smallest absolute Gasteiger partial charge is 0.234 e. The topological polar surface area (TPSA) is 85.6 Å². The number of amides is 1. The van der Waals surface area contributed by atoms with Crippen LogP contribution in [0.1, 0.15) is 25.3 Å². The molecule has 0 bridgehead atoms. The Hall–Kier alpha value is -2.45. The zero-order valence-corrected chi connectivity index (χ0v) is 15.8. The summed E-state index contributed by atoms with van der Waals surface area (Å²) in [6, 6.07) is 11.4. The second-order valence-corrected chi connectivity index (χ2v) is 7.10. The Morgan fingerprint density at radius 3 is 2.73 bits per heavy atom. The quantitative estimate of drug-likeness (QED) is 0.513. The molecule has 7 nitrogen and oxygen atoms in total. The highest BCUT2D eigenvalue weighted by Gasteiger charge is 2.13. The number of aromatic nitrogens is 5. The highest BCUT2D eigenvalue weighted by atomic mass is 35.5. The molecular formula is C17H17ClN6OS. The summed E-state index contributed by atoms with van der Waals surface area (Å²) >= 11 is 7.18. The standard InChI is InChI=1S/C17H17ClN6OS/c1-11(2)12-5-7-13(8-6-12)24-17(21-22-23-24)26-10-15(25)20-14-4-3-9-19-16(14)18/h3-9,11H,10H2,1-2H3,(H,20,25). The summed E-state index contributed by atoms with van der Waals surface area (Å²) in [7, 11) is 0. The molecule has 1 aromatic carbocycles. The number of nitrogens with zero attached hydrogens (tertiary/aromatic N) is 5. The lowest BCUT2D eigenvalue weighted by Crippen LogP contribution is -2.15. The number of carbonyl (C=O) groups is 1. The van der Waals surface area contributed by atoms with Crippen molar-refractivity contribution in [1.82, 2.24) is 25.2 Å². The maximum absolute atomic E-state index is 12.1. The number of anilines is 1. The first-order valence-electron chi connectivity index (χ1n) is 7.96. The van der Waals surface area contributed by atoms with Crippen molar-refractivity contribution in [3.8, 4) is 5.69 Å². The lowest BCUT2D eigenvalue weighted by molar-refractivity contribution is -0.113. The zero-order chi connectivity index (χ0) is 18.5. The van der Waals surface area contributed by atoms with Crippen LogP contribution in [0.3, 0.4) is 0 Å². The molecule has 0 unspecified atom stereocenters. The summed E-state index contributed by atoms with van der Waals surface area (Å²) < 4.78 is 1.61. The van der Waals surface area contributed by atoms with Crippen molar-refractivity contribution in [3.63, 3.8) is 0 Å². The van der Waals surface area contributed by atoms with Crippen LogP contribution in [-0.4, -0.2) is 36.9 Å². The van der Waals surface area contributed by atoms with Gasteiger partial charge >= 0.3 is 0 Å². The van der Waals surface area contributed by atoms with Crippen LogP contribution in [0.15, 0.2) is 47.8 Å². The molecule has 0 radical (unpaired) electrons. The lowest BCUT2D eigenvalue weighted by atomic mass is 10.0. The average molecular weight is 389 g/mol. The predicted octanol–water partition coefficient (Wildman–Crippen LogP) is 3.56.